The van der Waals surface area contributed by atoms with Gasteiger partial charge >= 0.3 is 0 Å². The van der Waals surface area contributed by atoms with E-state index in [4.69, 9.17) is 15.2 Å². The summed E-state index contributed by atoms with van der Waals surface area (Å²) in [5, 5.41) is 0. The molecule has 1 heterocycles. The first-order valence-electron chi connectivity index (χ1n) is 6.02. The van der Waals surface area contributed by atoms with Crippen LogP contribution in [0.25, 0.3) is 0 Å². The normalized spacial score (nSPS) is 17.7. The van der Waals surface area contributed by atoms with E-state index in [0.29, 0.717) is 0 Å². The van der Waals surface area contributed by atoms with Crippen molar-refractivity contribution < 1.29 is 9.47 Å². The van der Waals surface area contributed by atoms with Gasteiger partial charge in [-0.25, -0.2) is 0 Å². The van der Waals surface area contributed by atoms with Crippen LogP contribution in [0.1, 0.15) is 12.0 Å². The van der Waals surface area contributed by atoms with Crippen molar-refractivity contribution in [2.45, 2.75) is 13.0 Å². The van der Waals surface area contributed by atoms with Crippen LogP contribution in [0.15, 0.2) is 18.2 Å². The van der Waals surface area contributed by atoms with E-state index < -0.39 is 0 Å². The van der Waals surface area contributed by atoms with Gasteiger partial charge in [-0.3, -0.25) is 4.90 Å². The molecular weight excluding hydrogens is 216 g/mol. The van der Waals surface area contributed by atoms with Crippen molar-refractivity contribution in [3.05, 3.63) is 23.8 Å². The highest BCUT2D eigenvalue weighted by Crippen LogP contribution is 2.21. The molecule has 0 aliphatic carbocycles. The number of nitrogens with zero attached hydrogens (tertiary/aromatic N) is 1. The van der Waals surface area contributed by atoms with E-state index in [2.05, 4.69) is 4.90 Å². The zero-order chi connectivity index (χ0) is 12.1. The Balaban J connectivity index is 2.05. The number of ether oxygens (including phenoxy) is 2. The highest BCUT2D eigenvalue weighted by molar-refractivity contribution is 5.50. The van der Waals surface area contributed by atoms with Crippen LogP contribution in [0.5, 0.6) is 5.75 Å². The van der Waals surface area contributed by atoms with E-state index in [0.717, 1.165) is 56.3 Å². The molecule has 0 spiro atoms. The smallest absolute Gasteiger partial charge is 0.119 e. The molecule has 94 valence electrons. The molecule has 1 aliphatic heterocycles. The van der Waals surface area contributed by atoms with Crippen molar-refractivity contribution in [1.29, 1.82) is 0 Å². The lowest BCUT2D eigenvalue weighted by Gasteiger charge is -2.20. The van der Waals surface area contributed by atoms with Crippen LogP contribution in [0, 0.1) is 0 Å². The van der Waals surface area contributed by atoms with Crippen molar-refractivity contribution in [1.82, 2.24) is 4.90 Å². The van der Waals surface area contributed by atoms with Crippen molar-refractivity contribution in [3.8, 4) is 5.75 Å². The maximum absolute atomic E-state index is 5.99. The van der Waals surface area contributed by atoms with Gasteiger partial charge in [0.1, 0.15) is 5.75 Å². The lowest BCUT2D eigenvalue weighted by atomic mass is 10.1. The fourth-order valence-electron chi connectivity index (χ4n) is 2.04. The van der Waals surface area contributed by atoms with Gasteiger partial charge in [0, 0.05) is 31.9 Å². The summed E-state index contributed by atoms with van der Waals surface area (Å²) in [7, 11) is 1.68. The molecule has 0 amide bonds. The summed E-state index contributed by atoms with van der Waals surface area (Å²) in [5.41, 5.74) is 7.95. The third-order valence-corrected chi connectivity index (χ3v) is 3.06. The molecule has 2 rings (SSSR count). The zero-order valence-corrected chi connectivity index (χ0v) is 10.3. The Morgan fingerprint density at radius 1 is 1.35 bits per heavy atom. The standard InChI is InChI=1S/C13H20N2O2/c1-16-12-3-4-13(14)11(9-12)10-15-5-2-7-17-8-6-15/h3-4,9H,2,5-8,10,14H2,1H3. The second kappa shape index (κ2) is 5.89. The molecule has 4 nitrogen and oxygen atoms in total. The van der Waals surface area contributed by atoms with E-state index in [9.17, 15) is 0 Å². The topological polar surface area (TPSA) is 47.7 Å². The third-order valence-electron chi connectivity index (χ3n) is 3.06. The molecular formula is C13H20N2O2. The number of hydrogen-bond acceptors (Lipinski definition) is 4. The first-order chi connectivity index (χ1) is 8.29. The Labute approximate surface area is 102 Å². The summed E-state index contributed by atoms with van der Waals surface area (Å²) in [5.74, 6) is 0.861. The number of rotatable bonds is 3. The number of methoxy groups -OCH3 is 1. The van der Waals surface area contributed by atoms with Gasteiger partial charge in [0.15, 0.2) is 0 Å². The summed E-state index contributed by atoms with van der Waals surface area (Å²) in [6.45, 7) is 4.58. The Kier molecular flexibility index (Phi) is 4.23. The van der Waals surface area contributed by atoms with Crippen LogP contribution in [-0.2, 0) is 11.3 Å². The van der Waals surface area contributed by atoms with Crippen molar-refractivity contribution >= 4 is 5.69 Å². The van der Waals surface area contributed by atoms with Gasteiger partial charge in [-0.05, 0) is 30.2 Å². The fourth-order valence-corrected chi connectivity index (χ4v) is 2.04. The molecule has 0 radical (unpaired) electrons. The molecule has 1 aromatic rings. The van der Waals surface area contributed by atoms with Crippen molar-refractivity contribution in [3.63, 3.8) is 0 Å². The van der Waals surface area contributed by atoms with Gasteiger partial charge < -0.3 is 15.2 Å². The van der Waals surface area contributed by atoms with Crippen LogP contribution in [0.3, 0.4) is 0 Å². The van der Waals surface area contributed by atoms with Gasteiger partial charge in [-0.15, -0.1) is 0 Å². The van der Waals surface area contributed by atoms with Gasteiger partial charge in [0.2, 0.25) is 0 Å². The van der Waals surface area contributed by atoms with E-state index in [1.807, 2.05) is 18.2 Å². The third kappa shape index (κ3) is 3.35. The quantitative estimate of drug-likeness (QED) is 0.808. The van der Waals surface area contributed by atoms with E-state index in [-0.39, 0.29) is 0 Å². The minimum absolute atomic E-state index is 0.809. The van der Waals surface area contributed by atoms with Crippen LogP contribution in [0.4, 0.5) is 5.69 Å². The van der Waals surface area contributed by atoms with Gasteiger partial charge in [0.25, 0.3) is 0 Å². The van der Waals surface area contributed by atoms with Crippen LogP contribution in [-0.4, -0.2) is 38.3 Å². The van der Waals surface area contributed by atoms with Crippen molar-refractivity contribution in [2.75, 3.05) is 39.1 Å². The molecule has 0 saturated carbocycles. The molecule has 0 aromatic heterocycles. The number of nitrogen functional groups attached to an aromatic ring is 1. The van der Waals surface area contributed by atoms with Crippen LogP contribution < -0.4 is 10.5 Å². The second-order valence-corrected chi connectivity index (χ2v) is 4.31. The number of nitrogens with two attached hydrogens (primary N) is 1. The minimum Gasteiger partial charge on any atom is -0.497 e. The van der Waals surface area contributed by atoms with E-state index in [1.165, 1.54) is 0 Å². The molecule has 4 heteroatoms. The minimum atomic E-state index is 0.809. The zero-order valence-electron chi connectivity index (χ0n) is 10.3. The summed E-state index contributed by atoms with van der Waals surface area (Å²) < 4.78 is 10.7. The molecule has 2 N–H and O–H groups in total. The maximum Gasteiger partial charge on any atom is 0.119 e. The number of anilines is 1. The molecule has 1 aliphatic rings. The largest absolute Gasteiger partial charge is 0.497 e. The summed E-state index contributed by atoms with van der Waals surface area (Å²) >= 11 is 0. The molecule has 0 unspecified atom stereocenters. The summed E-state index contributed by atoms with van der Waals surface area (Å²) in [6, 6.07) is 5.81. The SMILES string of the molecule is COc1ccc(N)c(CN2CCCOCC2)c1. The molecule has 0 atom stereocenters. The predicted molar refractivity (Wildman–Crippen MR) is 68.1 cm³/mol. The van der Waals surface area contributed by atoms with Gasteiger partial charge in [-0.1, -0.05) is 0 Å². The molecule has 1 saturated heterocycles. The second-order valence-electron chi connectivity index (χ2n) is 4.31. The summed E-state index contributed by atoms with van der Waals surface area (Å²) in [6.07, 6.45) is 1.09. The lowest BCUT2D eigenvalue weighted by Crippen LogP contribution is -2.26. The maximum atomic E-state index is 5.99. The van der Waals surface area contributed by atoms with E-state index >= 15 is 0 Å². The Morgan fingerprint density at radius 2 is 2.24 bits per heavy atom. The number of benzene rings is 1. The lowest BCUT2D eigenvalue weighted by molar-refractivity contribution is 0.140. The average molecular weight is 236 g/mol. The van der Waals surface area contributed by atoms with Crippen LogP contribution in [0.2, 0.25) is 0 Å². The molecule has 1 aromatic carbocycles. The first kappa shape index (κ1) is 12.2. The monoisotopic (exact) mass is 236 g/mol. The van der Waals surface area contributed by atoms with Crippen LogP contribution >= 0.6 is 0 Å². The first-order valence-corrected chi connectivity index (χ1v) is 6.02. The van der Waals surface area contributed by atoms with E-state index in [1.54, 1.807) is 7.11 Å². The van der Waals surface area contributed by atoms with Crippen molar-refractivity contribution in [2.24, 2.45) is 0 Å². The highest BCUT2D eigenvalue weighted by Gasteiger charge is 2.11. The molecule has 1 fully saturated rings. The van der Waals surface area contributed by atoms with Gasteiger partial charge in [-0.2, -0.15) is 0 Å². The fraction of sp³-hybridized carbons (Fsp3) is 0.538. The molecule has 0 bridgehead atoms. The highest BCUT2D eigenvalue weighted by atomic mass is 16.5. The predicted octanol–water partition coefficient (Wildman–Crippen LogP) is 1.50. The Hall–Kier alpha value is -1.26. The Morgan fingerprint density at radius 3 is 3.06 bits per heavy atom. The Bertz CT molecular complexity index is 360. The average Bonchev–Trinajstić information content (AvgIpc) is 2.60. The molecule has 17 heavy (non-hydrogen) atoms. The summed E-state index contributed by atoms with van der Waals surface area (Å²) in [4.78, 5) is 2.37. The van der Waals surface area contributed by atoms with Gasteiger partial charge in [0.05, 0.1) is 13.7 Å². The number of hydrogen-bond donors (Lipinski definition) is 1.